The predicted octanol–water partition coefficient (Wildman–Crippen LogP) is 2.66. The molecule has 2 aromatic heterocycles. The monoisotopic (exact) mass is 349 g/mol. The maximum absolute atomic E-state index is 4.60. The van der Waals surface area contributed by atoms with Gasteiger partial charge in [0, 0.05) is 38.6 Å². The summed E-state index contributed by atoms with van der Waals surface area (Å²) in [5.74, 6) is 0.974. The van der Waals surface area contributed by atoms with Crippen LogP contribution in [0.3, 0.4) is 0 Å². The molecule has 5 nitrogen and oxygen atoms in total. The maximum Gasteiger partial charge on any atom is 0.194 e. The minimum Gasteiger partial charge on any atom is -0.360 e. The van der Waals surface area contributed by atoms with Gasteiger partial charge >= 0.3 is 0 Å². The predicted molar refractivity (Wildman–Crippen MR) is 99.8 cm³/mol. The lowest BCUT2D eigenvalue weighted by Gasteiger charge is -2.36. The maximum atomic E-state index is 4.60. The highest BCUT2D eigenvalue weighted by Gasteiger charge is 2.20. The Labute approximate surface area is 145 Å². The van der Waals surface area contributed by atoms with Crippen molar-refractivity contribution >= 4 is 33.6 Å². The zero-order valence-corrected chi connectivity index (χ0v) is 15.3. The highest BCUT2D eigenvalue weighted by molar-refractivity contribution is 7.14. The van der Waals surface area contributed by atoms with Crippen molar-refractivity contribution in [2.24, 2.45) is 4.99 Å². The quantitative estimate of drug-likeness (QED) is 0.681. The Morgan fingerprint density at radius 1 is 1.30 bits per heavy atom. The Bertz CT molecular complexity index is 627. The Balaban J connectivity index is 1.51. The third-order valence-electron chi connectivity index (χ3n) is 3.94. The standard InChI is InChI=1S/C16H23N5S2/c1-3-14-19-13(12-23-14)11-18-16(17-2)21-8-6-20(7-9-21)15-5-4-10-22-15/h4-5,10,12H,3,6-9,11H2,1-2H3,(H,17,18). The average Bonchev–Trinajstić information content (AvgIpc) is 3.28. The fourth-order valence-electron chi connectivity index (χ4n) is 2.68. The Hall–Kier alpha value is -1.60. The number of aliphatic imine (C=N–C) groups is 1. The average molecular weight is 350 g/mol. The van der Waals surface area contributed by atoms with Crippen molar-refractivity contribution in [1.82, 2.24) is 15.2 Å². The lowest BCUT2D eigenvalue weighted by Crippen LogP contribution is -2.52. The third-order valence-corrected chi connectivity index (χ3v) is 5.91. The number of piperazine rings is 1. The second-order valence-corrected chi connectivity index (χ2v) is 7.28. The summed E-state index contributed by atoms with van der Waals surface area (Å²) in [6.45, 7) is 6.95. The first kappa shape index (κ1) is 16.3. The summed E-state index contributed by atoms with van der Waals surface area (Å²) in [5.41, 5.74) is 1.10. The zero-order valence-electron chi connectivity index (χ0n) is 13.7. The van der Waals surface area contributed by atoms with Crippen LogP contribution < -0.4 is 10.2 Å². The van der Waals surface area contributed by atoms with E-state index < -0.39 is 0 Å². The first-order valence-electron chi connectivity index (χ1n) is 7.97. The third kappa shape index (κ3) is 4.03. The van der Waals surface area contributed by atoms with Crippen molar-refractivity contribution in [2.75, 3.05) is 38.1 Å². The van der Waals surface area contributed by atoms with Crippen LogP contribution in [0.15, 0.2) is 27.9 Å². The summed E-state index contributed by atoms with van der Waals surface area (Å²) < 4.78 is 0. The molecule has 2 aromatic rings. The van der Waals surface area contributed by atoms with Crippen LogP contribution in [-0.4, -0.2) is 49.1 Å². The van der Waals surface area contributed by atoms with Crippen LogP contribution in [0, 0.1) is 0 Å². The number of guanidine groups is 1. The van der Waals surface area contributed by atoms with Crippen molar-refractivity contribution in [3.63, 3.8) is 0 Å². The zero-order chi connectivity index (χ0) is 16.1. The first-order valence-corrected chi connectivity index (χ1v) is 9.73. The number of hydrogen-bond acceptors (Lipinski definition) is 5. The van der Waals surface area contributed by atoms with E-state index in [-0.39, 0.29) is 0 Å². The van der Waals surface area contributed by atoms with E-state index >= 15 is 0 Å². The number of anilines is 1. The smallest absolute Gasteiger partial charge is 0.194 e. The molecular formula is C16H23N5S2. The summed E-state index contributed by atoms with van der Waals surface area (Å²) in [6, 6.07) is 4.31. The molecular weight excluding hydrogens is 326 g/mol. The number of aryl methyl sites for hydroxylation is 1. The van der Waals surface area contributed by atoms with Gasteiger partial charge in [0.2, 0.25) is 0 Å². The topological polar surface area (TPSA) is 43.8 Å². The van der Waals surface area contributed by atoms with Crippen LogP contribution in [-0.2, 0) is 13.0 Å². The van der Waals surface area contributed by atoms with E-state index in [4.69, 9.17) is 0 Å². The molecule has 0 aliphatic carbocycles. The lowest BCUT2D eigenvalue weighted by molar-refractivity contribution is 0.373. The van der Waals surface area contributed by atoms with Gasteiger partial charge in [0.25, 0.3) is 0 Å². The largest absolute Gasteiger partial charge is 0.360 e. The molecule has 124 valence electrons. The molecule has 1 fully saturated rings. The molecule has 0 spiro atoms. The van der Waals surface area contributed by atoms with Gasteiger partial charge in [0.05, 0.1) is 22.2 Å². The molecule has 1 aliphatic rings. The molecule has 1 saturated heterocycles. The molecule has 3 rings (SSSR count). The van der Waals surface area contributed by atoms with Crippen LogP contribution in [0.5, 0.6) is 0 Å². The second-order valence-electron chi connectivity index (χ2n) is 5.41. The number of nitrogens with one attached hydrogen (secondary N) is 1. The highest BCUT2D eigenvalue weighted by atomic mass is 32.1. The summed E-state index contributed by atoms with van der Waals surface area (Å²) in [6.07, 6.45) is 1.00. The van der Waals surface area contributed by atoms with Crippen LogP contribution >= 0.6 is 22.7 Å². The van der Waals surface area contributed by atoms with Gasteiger partial charge in [-0.1, -0.05) is 6.92 Å². The van der Waals surface area contributed by atoms with Crippen LogP contribution in [0.25, 0.3) is 0 Å². The highest BCUT2D eigenvalue weighted by Crippen LogP contribution is 2.22. The molecule has 0 bridgehead atoms. The molecule has 0 amide bonds. The van der Waals surface area contributed by atoms with E-state index in [1.54, 1.807) is 11.3 Å². The number of nitrogens with zero attached hydrogens (tertiary/aromatic N) is 4. The van der Waals surface area contributed by atoms with Crippen molar-refractivity contribution in [3.8, 4) is 0 Å². The second kappa shape index (κ2) is 7.79. The molecule has 0 radical (unpaired) electrons. The van der Waals surface area contributed by atoms with Gasteiger partial charge in [-0.05, 0) is 23.9 Å². The van der Waals surface area contributed by atoms with E-state index in [0.29, 0.717) is 0 Å². The molecule has 23 heavy (non-hydrogen) atoms. The Morgan fingerprint density at radius 2 is 2.13 bits per heavy atom. The van der Waals surface area contributed by atoms with Gasteiger partial charge in [-0.15, -0.1) is 22.7 Å². The van der Waals surface area contributed by atoms with E-state index in [9.17, 15) is 0 Å². The molecule has 0 aromatic carbocycles. The van der Waals surface area contributed by atoms with Crippen LogP contribution in [0.1, 0.15) is 17.6 Å². The number of rotatable bonds is 4. The van der Waals surface area contributed by atoms with E-state index in [1.807, 2.05) is 18.4 Å². The van der Waals surface area contributed by atoms with Gasteiger partial charge < -0.3 is 15.1 Å². The fourth-order valence-corrected chi connectivity index (χ4v) is 4.21. The van der Waals surface area contributed by atoms with Gasteiger partial charge in [0.15, 0.2) is 5.96 Å². The van der Waals surface area contributed by atoms with E-state index in [1.165, 1.54) is 10.0 Å². The molecule has 0 saturated carbocycles. The van der Waals surface area contributed by atoms with Crippen molar-refractivity contribution < 1.29 is 0 Å². The molecule has 0 unspecified atom stereocenters. The molecule has 7 heteroatoms. The summed E-state index contributed by atoms with van der Waals surface area (Å²) in [7, 11) is 1.85. The van der Waals surface area contributed by atoms with Gasteiger partial charge in [-0.2, -0.15) is 0 Å². The van der Waals surface area contributed by atoms with Crippen molar-refractivity contribution in [3.05, 3.63) is 33.6 Å². The van der Waals surface area contributed by atoms with Gasteiger partial charge in [0.1, 0.15) is 0 Å². The van der Waals surface area contributed by atoms with Crippen molar-refractivity contribution in [1.29, 1.82) is 0 Å². The Kier molecular flexibility index (Phi) is 5.51. The van der Waals surface area contributed by atoms with Gasteiger partial charge in [-0.3, -0.25) is 4.99 Å². The summed E-state index contributed by atoms with van der Waals surface area (Å²) >= 11 is 3.54. The number of thiazole rings is 1. The number of hydrogen-bond donors (Lipinski definition) is 1. The van der Waals surface area contributed by atoms with Crippen LogP contribution in [0.2, 0.25) is 0 Å². The molecule has 3 heterocycles. The normalized spacial score (nSPS) is 16.0. The molecule has 1 N–H and O–H groups in total. The lowest BCUT2D eigenvalue weighted by atomic mass is 10.3. The first-order chi connectivity index (χ1) is 11.3. The summed E-state index contributed by atoms with van der Waals surface area (Å²) in [4.78, 5) is 13.8. The SMILES string of the molecule is CCc1nc(CNC(=NC)N2CCN(c3cccs3)CC2)cs1. The Morgan fingerprint density at radius 3 is 2.74 bits per heavy atom. The van der Waals surface area contributed by atoms with Crippen LogP contribution in [0.4, 0.5) is 5.00 Å². The fraction of sp³-hybridized carbons (Fsp3) is 0.500. The summed E-state index contributed by atoms with van der Waals surface area (Å²) in [5, 5.41) is 10.3. The molecule has 0 atom stereocenters. The van der Waals surface area contributed by atoms with E-state index in [2.05, 4.69) is 54.9 Å². The minimum atomic E-state index is 0.744. The minimum absolute atomic E-state index is 0.744. The van der Waals surface area contributed by atoms with Gasteiger partial charge in [-0.25, -0.2) is 4.98 Å². The number of thiophene rings is 1. The van der Waals surface area contributed by atoms with E-state index in [0.717, 1.165) is 50.8 Å². The van der Waals surface area contributed by atoms with Crippen molar-refractivity contribution in [2.45, 2.75) is 19.9 Å². The molecule has 1 aliphatic heterocycles. The number of aromatic nitrogens is 1.